The zero-order valence-electron chi connectivity index (χ0n) is 17.4. The molecule has 0 aromatic carbocycles. The monoisotopic (exact) mass is 387 g/mol. The number of hydrogen-bond acceptors (Lipinski definition) is 4. The van der Waals surface area contributed by atoms with E-state index in [9.17, 15) is 9.59 Å². The summed E-state index contributed by atoms with van der Waals surface area (Å²) in [6.45, 7) is 6.24. The van der Waals surface area contributed by atoms with E-state index < -0.39 is 5.97 Å². The summed E-state index contributed by atoms with van der Waals surface area (Å²) in [4.78, 5) is 27.8. The number of nitrogens with zero attached hydrogens (tertiary/aromatic N) is 1. The molecule has 4 aliphatic rings. The first-order valence-electron chi connectivity index (χ1n) is 10.9. The van der Waals surface area contributed by atoms with Gasteiger partial charge in [-0.25, -0.2) is 4.79 Å². The average molecular weight is 388 g/mol. The Kier molecular flexibility index (Phi) is 4.91. The third kappa shape index (κ3) is 3.02. The minimum atomic E-state index is -0.996. The lowest BCUT2D eigenvalue weighted by Gasteiger charge is -2.58. The maximum absolute atomic E-state index is 12.3. The van der Waals surface area contributed by atoms with Crippen LogP contribution in [0.5, 0.6) is 0 Å². The molecule has 3 saturated carbocycles. The fraction of sp³-hybridized carbons (Fsp3) is 0.783. The standard InChI is InChI=1S/C23H33NO4/c1-14(25)18-6-7-19-17-5-4-15-12-16(24-28-13-21(26)27)8-10-22(15,2)20(17)9-11-23(18,19)3/h12,17-20H,4-11,13H2,1-3H3,(H,26,27)/b24-16-/t17-,18?,19-,20-,22-,23+/m0/s1. The summed E-state index contributed by atoms with van der Waals surface area (Å²) in [5.41, 5.74) is 2.77. The molecule has 154 valence electrons. The number of rotatable bonds is 4. The summed E-state index contributed by atoms with van der Waals surface area (Å²) in [5.74, 6) is 1.77. The molecular formula is C23H33NO4. The number of oxime groups is 1. The highest BCUT2D eigenvalue weighted by Crippen LogP contribution is 2.66. The molecule has 4 aliphatic carbocycles. The van der Waals surface area contributed by atoms with E-state index in [1.807, 2.05) is 0 Å². The maximum atomic E-state index is 12.3. The van der Waals surface area contributed by atoms with Crippen LogP contribution < -0.4 is 0 Å². The molecule has 0 aromatic heterocycles. The lowest BCUT2D eigenvalue weighted by atomic mass is 9.46. The van der Waals surface area contributed by atoms with Gasteiger partial charge in [0.15, 0.2) is 0 Å². The van der Waals surface area contributed by atoms with Gasteiger partial charge in [-0.05, 0) is 93.0 Å². The molecule has 5 heteroatoms. The van der Waals surface area contributed by atoms with Crippen molar-refractivity contribution in [1.82, 2.24) is 0 Å². The molecule has 28 heavy (non-hydrogen) atoms. The molecule has 4 rings (SSSR count). The van der Waals surface area contributed by atoms with Gasteiger partial charge in [0.1, 0.15) is 5.78 Å². The van der Waals surface area contributed by atoms with Crippen LogP contribution in [-0.2, 0) is 14.4 Å². The van der Waals surface area contributed by atoms with E-state index in [1.165, 1.54) is 31.3 Å². The van der Waals surface area contributed by atoms with Crippen molar-refractivity contribution in [3.8, 4) is 0 Å². The number of aliphatic carboxylic acids is 1. The Morgan fingerprint density at radius 1 is 1.14 bits per heavy atom. The maximum Gasteiger partial charge on any atom is 0.344 e. The molecule has 0 spiro atoms. The fourth-order valence-corrected chi connectivity index (χ4v) is 7.48. The van der Waals surface area contributed by atoms with Crippen molar-refractivity contribution in [3.05, 3.63) is 11.6 Å². The van der Waals surface area contributed by atoms with Crippen LogP contribution in [0.4, 0.5) is 0 Å². The first-order valence-corrected chi connectivity index (χ1v) is 10.9. The number of carboxylic acid groups (broad SMARTS) is 1. The predicted molar refractivity (Wildman–Crippen MR) is 107 cm³/mol. The summed E-state index contributed by atoms with van der Waals surface area (Å²) in [7, 11) is 0. The summed E-state index contributed by atoms with van der Waals surface area (Å²) >= 11 is 0. The normalized spacial score (nSPS) is 43.5. The van der Waals surface area contributed by atoms with Crippen molar-refractivity contribution in [2.75, 3.05) is 6.61 Å². The van der Waals surface area contributed by atoms with Gasteiger partial charge >= 0.3 is 5.97 Å². The summed E-state index contributed by atoms with van der Waals surface area (Å²) < 4.78 is 0. The Labute approximate surface area is 167 Å². The highest BCUT2D eigenvalue weighted by molar-refractivity contribution is 5.96. The molecule has 1 N–H and O–H groups in total. The SMILES string of the molecule is CC(=O)C1CC[C@H]2[C@@H]3CCC4=C/C(=N\OCC(=O)O)CC[C@]4(C)[C@H]3CC[C@]12C. The van der Waals surface area contributed by atoms with Crippen LogP contribution in [0.3, 0.4) is 0 Å². The molecule has 0 heterocycles. The highest BCUT2D eigenvalue weighted by atomic mass is 16.6. The second-order valence-electron chi connectivity index (χ2n) is 10.0. The van der Waals surface area contributed by atoms with Gasteiger partial charge in [-0.1, -0.05) is 24.6 Å². The van der Waals surface area contributed by atoms with Crippen LogP contribution in [0.15, 0.2) is 16.8 Å². The van der Waals surface area contributed by atoms with Crippen LogP contribution in [0.25, 0.3) is 0 Å². The predicted octanol–water partition coefficient (Wildman–Crippen LogP) is 4.61. The Morgan fingerprint density at radius 2 is 1.93 bits per heavy atom. The summed E-state index contributed by atoms with van der Waals surface area (Å²) in [5, 5.41) is 12.8. The van der Waals surface area contributed by atoms with E-state index in [2.05, 4.69) is 25.1 Å². The molecule has 3 fully saturated rings. The fourth-order valence-electron chi connectivity index (χ4n) is 7.48. The van der Waals surface area contributed by atoms with Crippen LogP contribution in [0.2, 0.25) is 0 Å². The number of carbonyl (C=O) groups excluding carboxylic acids is 1. The molecule has 0 saturated heterocycles. The Balaban J connectivity index is 1.55. The van der Waals surface area contributed by atoms with Crippen LogP contribution in [0, 0.1) is 34.5 Å². The van der Waals surface area contributed by atoms with Gasteiger partial charge in [0, 0.05) is 5.92 Å². The number of carboxylic acids is 1. The molecule has 5 nitrogen and oxygen atoms in total. The second kappa shape index (κ2) is 7.00. The number of allylic oxidation sites excluding steroid dienone is 2. The number of carbonyl (C=O) groups is 2. The average Bonchev–Trinajstić information content (AvgIpc) is 2.99. The largest absolute Gasteiger partial charge is 0.479 e. The van der Waals surface area contributed by atoms with E-state index in [0.717, 1.165) is 37.3 Å². The van der Waals surface area contributed by atoms with Crippen LogP contribution >= 0.6 is 0 Å². The second-order valence-corrected chi connectivity index (χ2v) is 10.0. The molecule has 0 radical (unpaired) electrons. The number of fused-ring (bicyclic) bond motifs is 5. The van der Waals surface area contributed by atoms with Crippen molar-refractivity contribution < 1.29 is 19.5 Å². The van der Waals surface area contributed by atoms with Crippen molar-refractivity contribution in [2.24, 2.45) is 39.7 Å². The highest BCUT2D eigenvalue weighted by Gasteiger charge is 2.59. The Morgan fingerprint density at radius 3 is 2.64 bits per heavy atom. The van der Waals surface area contributed by atoms with Crippen LogP contribution in [-0.4, -0.2) is 29.2 Å². The molecule has 0 amide bonds. The van der Waals surface area contributed by atoms with Crippen molar-refractivity contribution in [3.63, 3.8) is 0 Å². The van der Waals surface area contributed by atoms with Crippen molar-refractivity contribution >= 4 is 17.5 Å². The molecular weight excluding hydrogens is 354 g/mol. The molecule has 1 unspecified atom stereocenters. The van der Waals surface area contributed by atoms with Gasteiger partial charge in [0.25, 0.3) is 0 Å². The van der Waals surface area contributed by atoms with Gasteiger partial charge in [-0.15, -0.1) is 0 Å². The van der Waals surface area contributed by atoms with Crippen molar-refractivity contribution in [1.29, 1.82) is 0 Å². The van der Waals surface area contributed by atoms with E-state index in [-0.39, 0.29) is 23.4 Å². The number of ketones is 1. The minimum Gasteiger partial charge on any atom is -0.479 e. The van der Waals surface area contributed by atoms with E-state index in [0.29, 0.717) is 17.6 Å². The third-order valence-electron chi connectivity index (χ3n) is 8.84. The lowest BCUT2D eigenvalue weighted by Crippen LogP contribution is -2.51. The quantitative estimate of drug-likeness (QED) is 0.715. The van der Waals surface area contributed by atoms with Gasteiger partial charge in [-0.2, -0.15) is 0 Å². The van der Waals surface area contributed by atoms with E-state index in [4.69, 9.17) is 9.94 Å². The Bertz CT molecular complexity index is 741. The minimum absolute atomic E-state index is 0.205. The first-order chi connectivity index (χ1) is 13.3. The zero-order chi connectivity index (χ0) is 20.1. The number of hydrogen-bond donors (Lipinski definition) is 1. The topological polar surface area (TPSA) is 76.0 Å². The summed E-state index contributed by atoms with van der Waals surface area (Å²) in [6.07, 6.45) is 11.1. The van der Waals surface area contributed by atoms with Gasteiger partial charge < -0.3 is 9.94 Å². The molecule has 6 atom stereocenters. The lowest BCUT2D eigenvalue weighted by molar-refractivity contribution is -0.142. The van der Waals surface area contributed by atoms with Gasteiger partial charge in [-0.3, -0.25) is 4.79 Å². The van der Waals surface area contributed by atoms with Gasteiger partial charge in [0.05, 0.1) is 5.71 Å². The summed E-state index contributed by atoms with van der Waals surface area (Å²) in [6, 6.07) is 0. The molecule has 0 aromatic rings. The zero-order valence-corrected chi connectivity index (χ0v) is 17.4. The van der Waals surface area contributed by atoms with E-state index in [1.54, 1.807) is 6.92 Å². The van der Waals surface area contributed by atoms with Crippen LogP contribution in [0.1, 0.15) is 72.1 Å². The molecule has 0 aliphatic heterocycles. The third-order valence-corrected chi connectivity index (χ3v) is 8.84. The smallest absolute Gasteiger partial charge is 0.344 e. The first kappa shape index (κ1) is 19.7. The number of Topliss-reactive ketones (excluding diaryl/α,β-unsaturated/α-hetero) is 1. The van der Waals surface area contributed by atoms with Crippen molar-refractivity contribution in [2.45, 2.75) is 72.1 Å². The Hall–Kier alpha value is -1.65. The van der Waals surface area contributed by atoms with Gasteiger partial charge in [0.2, 0.25) is 6.61 Å². The molecule has 0 bridgehead atoms. The van der Waals surface area contributed by atoms with E-state index >= 15 is 0 Å².